The maximum Gasteiger partial charge on any atom is 0.404 e. The second-order valence-corrected chi connectivity index (χ2v) is 3.74. The molecule has 3 N–H and O–H groups in total. The summed E-state index contributed by atoms with van der Waals surface area (Å²) in [6.45, 7) is 2.51. The second kappa shape index (κ2) is 5.31. The van der Waals surface area contributed by atoms with Gasteiger partial charge in [0.25, 0.3) is 0 Å². The number of carbonyl (C=O) groups excluding carboxylic acids is 1. The smallest absolute Gasteiger partial charge is 0.404 e. The first-order valence-electron chi connectivity index (χ1n) is 5.56. The molecule has 1 aromatic carbocycles. The van der Waals surface area contributed by atoms with Crippen molar-refractivity contribution >= 4 is 22.9 Å². The average Bonchev–Trinajstić information content (AvgIpc) is 2.34. The van der Waals surface area contributed by atoms with Gasteiger partial charge in [-0.25, -0.2) is 14.8 Å². The normalized spacial score (nSPS) is 10.3. The number of aromatic nitrogens is 2. The maximum atomic E-state index is 10.4. The van der Waals surface area contributed by atoms with Gasteiger partial charge in [-0.1, -0.05) is 12.1 Å². The summed E-state index contributed by atoms with van der Waals surface area (Å²) in [5, 5.41) is 3.05. The summed E-state index contributed by atoms with van der Waals surface area (Å²) < 4.78 is 4.62. The number of carbonyl (C=O) groups is 1. The van der Waals surface area contributed by atoms with Crippen molar-refractivity contribution in [2.24, 2.45) is 5.73 Å². The molecule has 1 aromatic heterocycles. The number of primary amides is 1. The Bertz CT molecular complexity index is 571. The molecule has 1 amide bonds. The lowest BCUT2D eigenvalue weighted by Crippen LogP contribution is -2.19. The van der Waals surface area contributed by atoms with Crippen LogP contribution in [-0.2, 0) is 4.74 Å². The van der Waals surface area contributed by atoms with Crippen LogP contribution in [0.2, 0.25) is 0 Å². The largest absolute Gasteiger partial charge is 0.448 e. The van der Waals surface area contributed by atoms with Crippen molar-refractivity contribution in [2.75, 3.05) is 18.5 Å². The predicted molar refractivity (Wildman–Crippen MR) is 68.3 cm³/mol. The van der Waals surface area contributed by atoms with E-state index in [4.69, 9.17) is 5.73 Å². The van der Waals surface area contributed by atoms with Crippen molar-refractivity contribution < 1.29 is 9.53 Å². The molecule has 1 heterocycles. The highest BCUT2D eigenvalue weighted by Crippen LogP contribution is 2.15. The van der Waals surface area contributed by atoms with Crippen molar-refractivity contribution in [1.29, 1.82) is 0 Å². The Morgan fingerprint density at radius 2 is 2.00 bits per heavy atom. The Morgan fingerprint density at radius 1 is 1.33 bits per heavy atom. The van der Waals surface area contributed by atoms with Gasteiger partial charge in [-0.15, -0.1) is 0 Å². The molecule has 2 rings (SSSR count). The lowest BCUT2D eigenvalue weighted by atomic mass is 10.3. The van der Waals surface area contributed by atoms with Gasteiger partial charge in [-0.2, -0.15) is 0 Å². The molecule has 0 spiro atoms. The number of hydrogen-bond donors (Lipinski definition) is 2. The standard InChI is InChI=1S/C12H14N4O2/c1-8-11(14-6-7-18-12(13)17)16-10-5-3-2-4-9(10)15-8/h2-5H,6-7H2,1H3,(H2,13,17)(H,14,16). The molecule has 6 heteroatoms. The third-order valence-corrected chi connectivity index (χ3v) is 2.38. The van der Waals surface area contributed by atoms with E-state index in [1.807, 2.05) is 31.2 Å². The summed E-state index contributed by atoms with van der Waals surface area (Å²) >= 11 is 0. The number of rotatable bonds is 4. The fraction of sp³-hybridized carbons (Fsp3) is 0.250. The molecule has 0 fully saturated rings. The topological polar surface area (TPSA) is 90.1 Å². The highest BCUT2D eigenvalue weighted by atomic mass is 16.5. The highest BCUT2D eigenvalue weighted by Gasteiger charge is 2.04. The average molecular weight is 246 g/mol. The zero-order valence-corrected chi connectivity index (χ0v) is 10.0. The zero-order valence-electron chi connectivity index (χ0n) is 10.0. The van der Waals surface area contributed by atoms with E-state index in [2.05, 4.69) is 20.0 Å². The van der Waals surface area contributed by atoms with Gasteiger partial charge in [-0.3, -0.25) is 0 Å². The van der Waals surface area contributed by atoms with E-state index in [0.717, 1.165) is 16.7 Å². The van der Waals surface area contributed by atoms with E-state index in [-0.39, 0.29) is 6.61 Å². The molecule has 0 aliphatic rings. The first kappa shape index (κ1) is 12.1. The number of ether oxygens (including phenoxy) is 1. The summed E-state index contributed by atoms with van der Waals surface area (Å²) in [4.78, 5) is 19.3. The van der Waals surface area contributed by atoms with Gasteiger partial charge >= 0.3 is 6.09 Å². The third kappa shape index (κ3) is 2.85. The molecule has 0 aliphatic carbocycles. The summed E-state index contributed by atoms with van der Waals surface area (Å²) in [7, 11) is 0. The molecule has 0 atom stereocenters. The zero-order chi connectivity index (χ0) is 13.0. The van der Waals surface area contributed by atoms with Crippen LogP contribution in [0.3, 0.4) is 0 Å². The van der Waals surface area contributed by atoms with Crippen LogP contribution < -0.4 is 11.1 Å². The minimum Gasteiger partial charge on any atom is -0.448 e. The lowest BCUT2D eigenvalue weighted by Gasteiger charge is -2.09. The first-order chi connectivity index (χ1) is 8.66. The summed E-state index contributed by atoms with van der Waals surface area (Å²) in [6.07, 6.45) is -0.780. The Kier molecular flexibility index (Phi) is 3.57. The number of fused-ring (bicyclic) bond motifs is 1. The number of benzene rings is 1. The van der Waals surface area contributed by atoms with Crippen LogP contribution in [0.5, 0.6) is 0 Å². The van der Waals surface area contributed by atoms with Crippen LogP contribution in [0.1, 0.15) is 5.69 Å². The van der Waals surface area contributed by atoms with Crippen LogP contribution in [0, 0.1) is 6.92 Å². The van der Waals surface area contributed by atoms with E-state index >= 15 is 0 Å². The van der Waals surface area contributed by atoms with Gasteiger partial charge in [0.15, 0.2) is 0 Å². The molecular weight excluding hydrogens is 232 g/mol. The van der Waals surface area contributed by atoms with Gasteiger partial charge < -0.3 is 15.8 Å². The summed E-state index contributed by atoms with van der Waals surface area (Å²) in [5.41, 5.74) is 7.33. The van der Waals surface area contributed by atoms with Crippen LogP contribution >= 0.6 is 0 Å². The summed E-state index contributed by atoms with van der Waals surface area (Å²) in [6, 6.07) is 7.64. The Morgan fingerprint density at radius 3 is 2.67 bits per heavy atom. The maximum absolute atomic E-state index is 10.4. The fourth-order valence-corrected chi connectivity index (χ4v) is 1.58. The number of para-hydroxylation sites is 2. The molecule has 0 saturated carbocycles. The molecule has 0 unspecified atom stereocenters. The van der Waals surface area contributed by atoms with Crippen molar-refractivity contribution in [1.82, 2.24) is 9.97 Å². The lowest BCUT2D eigenvalue weighted by molar-refractivity contribution is 0.161. The molecule has 94 valence electrons. The molecular formula is C12H14N4O2. The van der Waals surface area contributed by atoms with E-state index in [1.54, 1.807) is 0 Å². The molecule has 6 nitrogen and oxygen atoms in total. The monoisotopic (exact) mass is 246 g/mol. The molecule has 0 bridgehead atoms. The fourth-order valence-electron chi connectivity index (χ4n) is 1.58. The van der Waals surface area contributed by atoms with Crippen molar-refractivity contribution in [2.45, 2.75) is 6.92 Å². The Labute approximate surface area is 104 Å². The summed E-state index contributed by atoms with van der Waals surface area (Å²) in [5.74, 6) is 0.682. The number of anilines is 1. The van der Waals surface area contributed by atoms with Gasteiger partial charge in [0.2, 0.25) is 0 Å². The number of amides is 1. The predicted octanol–water partition coefficient (Wildman–Crippen LogP) is 1.45. The molecule has 0 aliphatic heterocycles. The third-order valence-electron chi connectivity index (χ3n) is 2.38. The number of aryl methyl sites for hydroxylation is 1. The SMILES string of the molecule is Cc1nc2ccccc2nc1NCCOC(N)=O. The molecule has 0 saturated heterocycles. The van der Waals surface area contributed by atoms with Crippen LogP contribution in [0.4, 0.5) is 10.6 Å². The van der Waals surface area contributed by atoms with Crippen molar-refractivity contribution in [3.63, 3.8) is 0 Å². The number of nitrogens with two attached hydrogens (primary N) is 1. The van der Waals surface area contributed by atoms with Crippen molar-refractivity contribution in [3.05, 3.63) is 30.0 Å². The minimum atomic E-state index is -0.780. The quantitative estimate of drug-likeness (QED) is 0.797. The number of hydrogen-bond acceptors (Lipinski definition) is 5. The molecule has 2 aromatic rings. The second-order valence-electron chi connectivity index (χ2n) is 3.74. The number of nitrogens with one attached hydrogen (secondary N) is 1. The van der Waals surface area contributed by atoms with E-state index in [0.29, 0.717) is 12.4 Å². The van der Waals surface area contributed by atoms with E-state index in [9.17, 15) is 4.79 Å². The van der Waals surface area contributed by atoms with E-state index < -0.39 is 6.09 Å². The highest BCUT2D eigenvalue weighted by molar-refractivity contribution is 5.76. The van der Waals surface area contributed by atoms with Crippen LogP contribution in [-0.4, -0.2) is 29.2 Å². The number of nitrogens with zero attached hydrogens (tertiary/aromatic N) is 2. The Hall–Kier alpha value is -2.37. The van der Waals surface area contributed by atoms with Gasteiger partial charge in [0.1, 0.15) is 12.4 Å². The van der Waals surface area contributed by atoms with Gasteiger partial charge in [-0.05, 0) is 19.1 Å². The van der Waals surface area contributed by atoms with Gasteiger partial charge in [0, 0.05) is 0 Å². The Balaban J connectivity index is 2.08. The molecule has 0 radical (unpaired) electrons. The minimum absolute atomic E-state index is 0.198. The van der Waals surface area contributed by atoms with Crippen LogP contribution in [0.15, 0.2) is 24.3 Å². The van der Waals surface area contributed by atoms with Crippen molar-refractivity contribution in [3.8, 4) is 0 Å². The molecule has 18 heavy (non-hydrogen) atoms. The van der Waals surface area contributed by atoms with Gasteiger partial charge in [0.05, 0.1) is 23.3 Å². The van der Waals surface area contributed by atoms with Crippen LogP contribution in [0.25, 0.3) is 11.0 Å². The van der Waals surface area contributed by atoms with E-state index in [1.165, 1.54) is 0 Å². The first-order valence-corrected chi connectivity index (χ1v) is 5.56.